The van der Waals surface area contributed by atoms with Crippen molar-refractivity contribution >= 4 is 34.4 Å². The summed E-state index contributed by atoms with van der Waals surface area (Å²) in [6, 6.07) is 12.5. The maximum Gasteiger partial charge on any atom is 0.216 e. The fraction of sp³-hybridized carbons (Fsp3) is 0.0625. The van der Waals surface area contributed by atoms with E-state index in [2.05, 4.69) is 31.2 Å². The molecule has 0 amide bonds. The summed E-state index contributed by atoms with van der Waals surface area (Å²) < 4.78 is 7.93. The lowest BCUT2D eigenvalue weighted by Crippen LogP contribution is -1.95. The van der Waals surface area contributed by atoms with Gasteiger partial charge < -0.3 is 9.84 Å². The molecule has 122 valence electrons. The SMILES string of the molecule is COc1ccc(O)c(/C=N/n2c(-c3cccc(Br)c3)n[nH]c2=S)c1. The van der Waals surface area contributed by atoms with Crippen LogP contribution in [0, 0.1) is 4.77 Å². The van der Waals surface area contributed by atoms with Gasteiger partial charge in [0.05, 0.1) is 13.3 Å². The summed E-state index contributed by atoms with van der Waals surface area (Å²) in [5, 5.41) is 21.2. The van der Waals surface area contributed by atoms with E-state index in [0.717, 1.165) is 10.0 Å². The largest absolute Gasteiger partial charge is 0.507 e. The Labute approximate surface area is 151 Å². The van der Waals surface area contributed by atoms with Crippen LogP contribution in [-0.4, -0.2) is 33.3 Å². The summed E-state index contributed by atoms with van der Waals surface area (Å²) in [5.74, 6) is 1.29. The second kappa shape index (κ2) is 6.98. The summed E-state index contributed by atoms with van der Waals surface area (Å²) in [6.45, 7) is 0. The summed E-state index contributed by atoms with van der Waals surface area (Å²) >= 11 is 8.67. The van der Waals surface area contributed by atoms with Gasteiger partial charge in [-0.1, -0.05) is 28.1 Å². The van der Waals surface area contributed by atoms with Gasteiger partial charge in [0.2, 0.25) is 4.77 Å². The van der Waals surface area contributed by atoms with Gasteiger partial charge in [-0.25, -0.2) is 5.10 Å². The predicted octanol–water partition coefficient (Wildman–Crippen LogP) is 3.97. The molecular formula is C16H13BrN4O2S. The quantitative estimate of drug-likeness (QED) is 0.509. The molecule has 8 heteroatoms. The van der Waals surface area contributed by atoms with E-state index in [1.807, 2.05) is 24.3 Å². The number of aromatic amines is 1. The second-order valence-electron chi connectivity index (χ2n) is 4.84. The minimum absolute atomic E-state index is 0.0959. The maximum atomic E-state index is 9.94. The van der Waals surface area contributed by atoms with Crippen LogP contribution in [0.2, 0.25) is 0 Å². The van der Waals surface area contributed by atoms with Crippen molar-refractivity contribution in [2.75, 3.05) is 7.11 Å². The highest BCUT2D eigenvalue weighted by molar-refractivity contribution is 9.10. The number of nitrogens with one attached hydrogen (secondary N) is 1. The zero-order chi connectivity index (χ0) is 17.1. The molecule has 2 N–H and O–H groups in total. The topological polar surface area (TPSA) is 75.4 Å². The number of methoxy groups -OCH3 is 1. The number of aromatic nitrogens is 3. The number of aromatic hydroxyl groups is 1. The normalized spacial score (nSPS) is 11.1. The lowest BCUT2D eigenvalue weighted by Gasteiger charge is -2.04. The molecule has 3 rings (SSSR count). The van der Waals surface area contributed by atoms with Gasteiger partial charge in [-0.15, -0.1) is 0 Å². The molecule has 2 aromatic carbocycles. The molecule has 24 heavy (non-hydrogen) atoms. The van der Waals surface area contributed by atoms with Gasteiger partial charge >= 0.3 is 0 Å². The monoisotopic (exact) mass is 404 g/mol. The van der Waals surface area contributed by atoms with Crippen molar-refractivity contribution in [2.24, 2.45) is 5.10 Å². The average molecular weight is 405 g/mol. The third-order valence-corrected chi connectivity index (χ3v) is 4.04. The van der Waals surface area contributed by atoms with E-state index >= 15 is 0 Å². The molecular weight excluding hydrogens is 392 g/mol. The molecule has 0 fully saturated rings. The van der Waals surface area contributed by atoms with Gasteiger partial charge in [-0.3, -0.25) is 0 Å². The fourth-order valence-electron chi connectivity index (χ4n) is 2.10. The van der Waals surface area contributed by atoms with Crippen LogP contribution < -0.4 is 4.74 Å². The maximum absolute atomic E-state index is 9.94. The number of phenols is 1. The van der Waals surface area contributed by atoms with Crippen LogP contribution in [0.5, 0.6) is 11.5 Å². The molecule has 0 bridgehead atoms. The van der Waals surface area contributed by atoms with E-state index in [9.17, 15) is 5.11 Å². The number of phenolic OH excluding ortho intramolecular Hbond substituents is 1. The Morgan fingerprint density at radius 2 is 2.17 bits per heavy atom. The third-order valence-electron chi connectivity index (χ3n) is 3.28. The third kappa shape index (κ3) is 3.39. The van der Waals surface area contributed by atoms with E-state index in [4.69, 9.17) is 17.0 Å². The Morgan fingerprint density at radius 1 is 1.33 bits per heavy atom. The fourth-order valence-corrected chi connectivity index (χ4v) is 2.67. The van der Waals surface area contributed by atoms with Crippen LogP contribution in [0.1, 0.15) is 5.56 Å². The van der Waals surface area contributed by atoms with Gasteiger partial charge in [0.25, 0.3) is 0 Å². The van der Waals surface area contributed by atoms with E-state index in [-0.39, 0.29) is 5.75 Å². The van der Waals surface area contributed by atoms with Crippen LogP contribution >= 0.6 is 28.1 Å². The van der Waals surface area contributed by atoms with Crippen molar-refractivity contribution in [3.05, 3.63) is 57.3 Å². The number of rotatable bonds is 4. The molecule has 6 nitrogen and oxygen atoms in total. The van der Waals surface area contributed by atoms with Gasteiger partial charge in [-0.05, 0) is 42.5 Å². The van der Waals surface area contributed by atoms with Crippen LogP contribution in [-0.2, 0) is 0 Å². The zero-order valence-electron chi connectivity index (χ0n) is 12.6. The number of hydrogen-bond donors (Lipinski definition) is 2. The number of H-pyrrole nitrogens is 1. The Morgan fingerprint density at radius 3 is 2.92 bits per heavy atom. The molecule has 3 aromatic rings. The number of ether oxygens (including phenoxy) is 1. The molecule has 0 saturated carbocycles. The molecule has 0 spiro atoms. The standard InChI is InChI=1S/C16H13BrN4O2S/c1-23-13-5-6-14(22)11(8-13)9-18-21-15(19-20-16(21)24)10-3-2-4-12(17)7-10/h2-9,22H,1H3,(H,20,24)/b18-9+. The molecule has 0 atom stereocenters. The lowest BCUT2D eigenvalue weighted by molar-refractivity contribution is 0.412. The van der Waals surface area contributed by atoms with Crippen LogP contribution in [0.25, 0.3) is 11.4 Å². The minimum atomic E-state index is 0.0959. The smallest absolute Gasteiger partial charge is 0.216 e. The highest BCUT2D eigenvalue weighted by Gasteiger charge is 2.09. The van der Waals surface area contributed by atoms with Gasteiger partial charge in [0.15, 0.2) is 5.82 Å². The van der Waals surface area contributed by atoms with E-state index in [0.29, 0.717) is 21.9 Å². The van der Waals surface area contributed by atoms with E-state index in [1.54, 1.807) is 25.3 Å². The van der Waals surface area contributed by atoms with Crippen LogP contribution in [0.3, 0.4) is 0 Å². The van der Waals surface area contributed by atoms with Gasteiger partial charge in [0, 0.05) is 15.6 Å². The molecule has 0 saturated heterocycles. The molecule has 0 aliphatic heterocycles. The average Bonchev–Trinajstić information content (AvgIpc) is 2.95. The van der Waals surface area contributed by atoms with Gasteiger partial charge in [0.1, 0.15) is 11.5 Å². The Bertz CT molecular complexity index is 965. The first kappa shape index (κ1) is 16.4. The molecule has 0 aliphatic rings. The lowest BCUT2D eigenvalue weighted by atomic mass is 10.2. The van der Waals surface area contributed by atoms with Crippen molar-refractivity contribution < 1.29 is 9.84 Å². The van der Waals surface area contributed by atoms with E-state index < -0.39 is 0 Å². The second-order valence-corrected chi connectivity index (χ2v) is 6.15. The number of halogens is 1. The minimum Gasteiger partial charge on any atom is -0.507 e. The summed E-state index contributed by atoms with van der Waals surface area (Å²) in [5.41, 5.74) is 1.36. The first-order valence-corrected chi connectivity index (χ1v) is 8.13. The van der Waals surface area contributed by atoms with Crippen molar-refractivity contribution in [1.82, 2.24) is 14.9 Å². The highest BCUT2D eigenvalue weighted by atomic mass is 79.9. The van der Waals surface area contributed by atoms with Crippen molar-refractivity contribution in [3.63, 3.8) is 0 Å². The Hall–Kier alpha value is -2.45. The predicted molar refractivity (Wildman–Crippen MR) is 98.2 cm³/mol. The molecule has 1 heterocycles. The van der Waals surface area contributed by atoms with Crippen molar-refractivity contribution in [2.45, 2.75) is 0 Å². The van der Waals surface area contributed by atoms with Crippen LogP contribution in [0.4, 0.5) is 0 Å². The summed E-state index contributed by atoms with van der Waals surface area (Å²) in [6.07, 6.45) is 1.50. The van der Waals surface area contributed by atoms with Crippen LogP contribution in [0.15, 0.2) is 52.0 Å². The molecule has 1 aromatic heterocycles. The Balaban J connectivity index is 2.02. The number of nitrogens with zero attached hydrogens (tertiary/aromatic N) is 3. The first-order valence-electron chi connectivity index (χ1n) is 6.93. The first-order chi connectivity index (χ1) is 11.6. The molecule has 0 aliphatic carbocycles. The Kier molecular flexibility index (Phi) is 4.77. The highest BCUT2D eigenvalue weighted by Crippen LogP contribution is 2.23. The van der Waals surface area contributed by atoms with Gasteiger partial charge in [-0.2, -0.15) is 14.9 Å². The molecule has 0 unspecified atom stereocenters. The number of benzene rings is 2. The van der Waals surface area contributed by atoms with E-state index in [1.165, 1.54) is 10.9 Å². The number of hydrogen-bond acceptors (Lipinski definition) is 5. The summed E-state index contributed by atoms with van der Waals surface area (Å²) in [7, 11) is 1.56. The zero-order valence-corrected chi connectivity index (χ0v) is 15.0. The van der Waals surface area contributed by atoms with Crippen molar-refractivity contribution in [3.8, 4) is 22.9 Å². The molecule has 0 radical (unpaired) electrons. The summed E-state index contributed by atoms with van der Waals surface area (Å²) in [4.78, 5) is 0. The van der Waals surface area contributed by atoms with Crippen molar-refractivity contribution in [1.29, 1.82) is 0 Å².